The van der Waals surface area contributed by atoms with Gasteiger partial charge in [0.05, 0.1) is 0 Å². The SMILES string of the molecule is O=S(O)C(F)(F)OC(F)=C(F)F. The highest BCUT2D eigenvalue weighted by molar-refractivity contribution is 7.80. The predicted molar refractivity (Wildman–Crippen MR) is 27.2 cm³/mol. The molecule has 9 heteroatoms. The van der Waals surface area contributed by atoms with Gasteiger partial charge in [-0.25, -0.2) is 4.21 Å². The van der Waals surface area contributed by atoms with Crippen molar-refractivity contribution in [2.24, 2.45) is 0 Å². The first-order chi connectivity index (χ1) is 5.27. The van der Waals surface area contributed by atoms with Crippen LogP contribution < -0.4 is 0 Å². The second-order valence-electron chi connectivity index (χ2n) is 1.35. The maximum atomic E-state index is 11.8. The fourth-order valence-electron chi connectivity index (χ4n) is 0.179. The average Bonchev–Trinajstić information content (AvgIpc) is 1.85. The number of hydrogen-bond acceptors (Lipinski definition) is 2. The molecule has 0 saturated carbocycles. The van der Waals surface area contributed by atoms with Gasteiger partial charge in [0.1, 0.15) is 0 Å². The van der Waals surface area contributed by atoms with E-state index in [4.69, 9.17) is 4.55 Å². The number of hydrogen-bond donors (Lipinski definition) is 1. The lowest BCUT2D eigenvalue weighted by Gasteiger charge is -2.10. The Balaban J connectivity index is 4.46. The lowest BCUT2D eigenvalue weighted by Crippen LogP contribution is -2.25. The van der Waals surface area contributed by atoms with Crippen LogP contribution in [0.25, 0.3) is 0 Å². The van der Waals surface area contributed by atoms with Crippen molar-refractivity contribution in [2.45, 2.75) is 5.44 Å². The molecule has 0 aromatic carbocycles. The van der Waals surface area contributed by atoms with E-state index in [1.807, 2.05) is 0 Å². The van der Waals surface area contributed by atoms with E-state index < -0.39 is 28.6 Å². The largest absolute Gasteiger partial charge is 0.510 e. The van der Waals surface area contributed by atoms with Gasteiger partial charge in [0.25, 0.3) is 11.1 Å². The molecular formula is C3HF5O3S. The molecule has 72 valence electrons. The molecule has 1 unspecified atom stereocenters. The Morgan fingerprint density at radius 1 is 1.33 bits per heavy atom. The van der Waals surface area contributed by atoms with Gasteiger partial charge in [0.2, 0.25) is 0 Å². The monoisotopic (exact) mass is 212 g/mol. The van der Waals surface area contributed by atoms with Gasteiger partial charge in [-0.05, 0) is 0 Å². The van der Waals surface area contributed by atoms with Gasteiger partial charge < -0.3 is 4.74 Å². The minimum Gasteiger partial charge on any atom is -0.390 e. The average molecular weight is 212 g/mol. The molecule has 12 heavy (non-hydrogen) atoms. The first-order valence-corrected chi connectivity index (χ1v) is 3.26. The Morgan fingerprint density at radius 2 is 1.75 bits per heavy atom. The molecule has 1 atom stereocenters. The summed E-state index contributed by atoms with van der Waals surface area (Å²) in [7, 11) is 0. The number of rotatable bonds is 3. The maximum absolute atomic E-state index is 11.8. The Hall–Kier alpha value is -0.700. The third-order valence-corrected chi connectivity index (χ3v) is 1.05. The lowest BCUT2D eigenvalue weighted by atomic mass is 11.0. The number of alkyl halides is 2. The van der Waals surface area contributed by atoms with Gasteiger partial charge in [-0.3, -0.25) is 4.55 Å². The van der Waals surface area contributed by atoms with E-state index in [1.165, 1.54) is 0 Å². The molecule has 0 fully saturated rings. The highest BCUT2D eigenvalue weighted by Gasteiger charge is 2.42. The van der Waals surface area contributed by atoms with Crippen LogP contribution in [0.1, 0.15) is 0 Å². The molecule has 0 amide bonds. The van der Waals surface area contributed by atoms with Crippen LogP contribution in [-0.2, 0) is 15.8 Å². The predicted octanol–water partition coefficient (Wildman–Crippen LogP) is 1.81. The number of ether oxygens (including phenoxy) is 1. The summed E-state index contributed by atoms with van der Waals surface area (Å²) < 4.78 is 77.1. The molecule has 0 bridgehead atoms. The summed E-state index contributed by atoms with van der Waals surface area (Å²) in [5.74, 6) is 0. The molecule has 0 spiro atoms. The van der Waals surface area contributed by atoms with E-state index in [1.54, 1.807) is 0 Å². The van der Waals surface area contributed by atoms with Gasteiger partial charge in [0.15, 0.2) is 0 Å². The van der Waals surface area contributed by atoms with E-state index in [0.717, 1.165) is 0 Å². The summed E-state index contributed by atoms with van der Waals surface area (Å²) in [6.45, 7) is 0. The van der Waals surface area contributed by atoms with E-state index in [0.29, 0.717) is 0 Å². The van der Waals surface area contributed by atoms with Gasteiger partial charge in [0, 0.05) is 0 Å². The van der Waals surface area contributed by atoms with Crippen molar-refractivity contribution in [2.75, 3.05) is 0 Å². The Labute approximate surface area is 65.1 Å². The van der Waals surface area contributed by atoms with Gasteiger partial charge in [-0.2, -0.15) is 13.2 Å². The van der Waals surface area contributed by atoms with Gasteiger partial charge >= 0.3 is 17.5 Å². The van der Waals surface area contributed by atoms with Crippen molar-refractivity contribution >= 4 is 11.1 Å². The second kappa shape index (κ2) is 3.81. The van der Waals surface area contributed by atoms with Crippen molar-refractivity contribution in [1.82, 2.24) is 0 Å². The highest BCUT2D eigenvalue weighted by atomic mass is 32.2. The first-order valence-electron chi connectivity index (χ1n) is 2.16. The van der Waals surface area contributed by atoms with Crippen molar-refractivity contribution in [3.8, 4) is 0 Å². The van der Waals surface area contributed by atoms with E-state index in [-0.39, 0.29) is 0 Å². The molecule has 0 aliphatic heterocycles. The Kier molecular flexibility index (Phi) is 3.58. The zero-order chi connectivity index (χ0) is 9.94. The van der Waals surface area contributed by atoms with Gasteiger partial charge in [-0.1, -0.05) is 0 Å². The molecular weight excluding hydrogens is 211 g/mol. The fraction of sp³-hybridized carbons (Fsp3) is 0.333. The van der Waals surface area contributed by atoms with Crippen LogP contribution in [0.15, 0.2) is 12.1 Å². The topological polar surface area (TPSA) is 46.5 Å². The molecule has 0 aromatic rings. The molecule has 3 nitrogen and oxygen atoms in total. The molecule has 0 radical (unpaired) electrons. The molecule has 0 aliphatic rings. The van der Waals surface area contributed by atoms with Crippen LogP contribution in [-0.4, -0.2) is 14.2 Å². The molecule has 0 saturated heterocycles. The standard InChI is InChI=1S/C3HF5O3S/c4-1(5)2(6)11-3(7,8)12(9)10/h(H,9,10). The van der Waals surface area contributed by atoms with Crippen LogP contribution in [0, 0.1) is 0 Å². The van der Waals surface area contributed by atoms with Crippen molar-refractivity contribution in [1.29, 1.82) is 0 Å². The second-order valence-corrected chi connectivity index (χ2v) is 2.32. The fourth-order valence-corrected chi connectivity index (χ4v) is 0.323. The normalized spacial score (nSPS) is 13.8. The van der Waals surface area contributed by atoms with Crippen LogP contribution >= 0.6 is 0 Å². The third kappa shape index (κ3) is 3.13. The van der Waals surface area contributed by atoms with Crippen LogP contribution in [0.4, 0.5) is 22.0 Å². The summed E-state index contributed by atoms with van der Waals surface area (Å²) in [6, 6.07) is -2.89. The van der Waals surface area contributed by atoms with E-state index in [2.05, 4.69) is 4.74 Å². The minimum atomic E-state index is -4.88. The highest BCUT2D eigenvalue weighted by Crippen LogP contribution is 2.25. The third-order valence-electron chi connectivity index (χ3n) is 0.560. The molecule has 0 aromatic heterocycles. The maximum Gasteiger partial charge on any atom is 0.510 e. The molecule has 0 rings (SSSR count). The Morgan fingerprint density at radius 3 is 2.00 bits per heavy atom. The van der Waals surface area contributed by atoms with E-state index >= 15 is 0 Å². The summed E-state index contributed by atoms with van der Waals surface area (Å²) in [5, 5.41) is 0. The zero-order valence-electron chi connectivity index (χ0n) is 5.06. The summed E-state index contributed by atoms with van der Waals surface area (Å²) in [6.07, 6.45) is -3.14. The summed E-state index contributed by atoms with van der Waals surface area (Å²) in [5.41, 5.74) is -4.88. The van der Waals surface area contributed by atoms with Crippen molar-refractivity contribution < 1.29 is 35.5 Å². The lowest BCUT2D eigenvalue weighted by molar-refractivity contribution is -0.160. The zero-order valence-corrected chi connectivity index (χ0v) is 5.88. The quantitative estimate of drug-likeness (QED) is 0.441. The van der Waals surface area contributed by atoms with Crippen LogP contribution in [0.3, 0.4) is 0 Å². The molecule has 1 N–H and O–H groups in total. The number of halogens is 5. The van der Waals surface area contributed by atoms with Crippen LogP contribution in [0.2, 0.25) is 0 Å². The summed E-state index contributed by atoms with van der Waals surface area (Å²) in [4.78, 5) is 0. The molecule has 0 heterocycles. The van der Waals surface area contributed by atoms with Crippen molar-refractivity contribution in [3.05, 3.63) is 12.1 Å². The minimum absolute atomic E-state index is 2.54. The van der Waals surface area contributed by atoms with Gasteiger partial charge in [-0.15, -0.1) is 8.78 Å². The smallest absolute Gasteiger partial charge is 0.390 e. The van der Waals surface area contributed by atoms with Crippen LogP contribution in [0.5, 0.6) is 0 Å². The first kappa shape index (κ1) is 11.3. The molecule has 0 aliphatic carbocycles. The van der Waals surface area contributed by atoms with E-state index in [9.17, 15) is 26.2 Å². The summed E-state index contributed by atoms with van der Waals surface area (Å²) >= 11 is -3.88. The Bertz CT molecular complexity index is 222. The van der Waals surface area contributed by atoms with Crippen molar-refractivity contribution in [3.63, 3.8) is 0 Å².